The Labute approximate surface area is 108 Å². The molecule has 0 unspecified atom stereocenters. The van der Waals surface area contributed by atoms with Gasteiger partial charge in [0.25, 0.3) is 0 Å². The summed E-state index contributed by atoms with van der Waals surface area (Å²) in [6.45, 7) is 1.38. The van der Waals surface area contributed by atoms with Gasteiger partial charge in [0.1, 0.15) is 5.69 Å². The van der Waals surface area contributed by atoms with Crippen molar-refractivity contribution in [1.82, 2.24) is 9.97 Å². The van der Waals surface area contributed by atoms with Gasteiger partial charge in [-0.25, -0.2) is 9.97 Å². The Balaban J connectivity index is 2.34. The Hall–Kier alpha value is -1.08. The van der Waals surface area contributed by atoms with E-state index in [0.717, 1.165) is 12.3 Å². The summed E-state index contributed by atoms with van der Waals surface area (Å²) in [6.07, 6.45) is -2.75. The molecule has 0 fully saturated rings. The minimum Gasteiger partial charge on any atom is -0.380 e. The molecule has 0 aliphatic rings. The number of aromatic nitrogens is 2. The van der Waals surface area contributed by atoms with E-state index in [9.17, 15) is 13.2 Å². The minimum atomic E-state index is -4.46. The van der Waals surface area contributed by atoms with Crippen LogP contribution in [0.3, 0.4) is 0 Å². The first-order valence-electron chi connectivity index (χ1n) is 5.32. The van der Waals surface area contributed by atoms with E-state index in [1.165, 1.54) is 0 Å². The second-order valence-corrected chi connectivity index (χ2v) is 3.72. The van der Waals surface area contributed by atoms with E-state index in [4.69, 9.17) is 16.3 Å². The topological polar surface area (TPSA) is 47.0 Å². The van der Waals surface area contributed by atoms with E-state index in [2.05, 4.69) is 15.3 Å². The summed E-state index contributed by atoms with van der Waals surface area (Å²) < 4.78 is 42.1. The first kappa shape index (κ1) is 15.0. The number of alkyl halides is 4. The molecule has 4 nitrogen and oxygen atoms in total. The quantitative estimate of drug-likeness (QED) is 0.617. The van der Waals surface area contributed by atoms with Crippen LogP contribution in [0.4, 0.5) is 19.1 Å². The third-order valence-corrected chi connectivity index (χ3v) is 2.07. The number of hydrogen-bond donors (Lipinski definition) is 1. The van der Waals surface area contributed by atoms with Crippen molar-refractivity contribution >= 4 is 17.5 Å². The van der Waals surface area contributed by atoms with E-state index in [1.54, 1.807) is 0 Å². The van der Waals surface area contributed by atoms with Crippen LogP contribution in [0.2, 0.25) is 0 Å². The second kappa shape index (κ2) is 7.38. The maximum Gasteiger partial charge on any atom is 0.433 e. The third kappa shape index (κ3) is 5.50. The molecular weight excluding hydrogens is 271 g/mol. The zero-order valence-corrected chi connectivity index (χ0v) is 10.3. The van der Waals surface area contributed by atoms with Gasteiger partial charge in [0, 0.05) is 25.2 Å². The minimum absolute atomic E-state index is 0.0397. The first-order chi connectivity index (χ1) is 8.54. The van der Waals surface area contributed by atoms with Crippen molar-refractivity contribution in [2.75, 3.05) is 31.0 Å². The molecule has 0 aromatic carbocycles. The van der Waals surface area contributed by atoms with Crippen LogP contribution in [0.15, 0.2) is 12.3 Å². The largest absolute Gasteiger partial charge is 0.433 e. The van der Waals surface area contributed by atoms with Crippen LogP contribution in [-0.4, -0.2) is 35.6 Å². The van der Waals surface area contributed by atoms with Crippen LogP contribution in [0.1, 0.15) is 12.1 Å². The normalized spacial score (nSPS) is 11.6. The summed E-state index contributed by atoms with van der Waals surface area (Å²) in [4.78, 5) is 7.07. The summed E-state index contributed by atoms with van der Waals surface area (Å²) in [6, 6.07) is 0.828. The average molecular weight is 284 g/mol. The SMILES string of the molecule is FC(F)(F)c1ccnc(NCCCOCCCl)n1. The number of nitrogens with zero attached hydrogens (tertiary/aromatic N) is 2. The summed E-state index contributed by atoms with van der Waals surface area (Å²) in [5.41, 5.74) is -0.960. The molecule has 0 saturated heterocycles. The van der Waals surface area contributed by atoms with Crippen LogP contribution >= 0.6 is 11.6 Å². The lowest BCUT2D eigenvalue weighted by Crippen LogP contribution is -2.13. The molecule has 0 aliphatic carbocycles. The number of halogens is 4. The van der Waals surface area contributed by atoms with Crippen LogP contribution in [-0.2, 0) is 10.9 Å². The number of nitrogens with one attached hydrogen (secondary N) is 1. The lowest BCUT2D eigenvalue weighted by atomic mass is 10.4. The Morgan fingerprint density at radius 1 is 1.33 bits per heavy atom. The van der Waals surface area contributed by atoms with E-state index >= 15 is 0 Å². The zero-order valence-electron chi connectivity index (χ0n) is 9.50. The Morgan fingerprint density at radius 3 is 2.78 bits per heavy atom. The van der Waals surface area contributed by atoms with E-state index in [-0.39, 0.29) is 5.95 Å². The van der Waals surface area contributed by atoms with Gasteiger partial charge in [-0.05, 0) is 12.5 Å². The van der Waals surface area contributed by atoms with Gasteiger partial charge in [-0.1, -0.05) is 0 Å². The molecule has 1 rings (SSSR count). The number of rotatable bonds is 7. The van der Waals surface area contributed by atoms with E-state index in [1.807, 2.05) is 0 Å². The molecule has 8 heteroatoms. The van der Waals surface area contributed by atoms with Gasteiger partial charge < -0.3 is 10.1 Å². The second-order valence-electron chi connectivity index (χ2n) is 3.34. The fourth-order valence-electron chi connectivity index (χ4n) is 1.13. The van der Waals surface area contributed by atoms with Crippen LogP contribution < -0.4 is 5.32 Å². The van der Waals surface area contributed by atoms with Gasteiger partial charge in [0.05, 0.1) is 6.61 Å². The van der Waals surface area contributed by atoms with Gasteiger partial charge in [0.15, 0.2) is 0 Å². The Morgan fingerprint density at radius 2 is 2.11 bits per heavy atom. The maximum atomic E-state index is 12.3. The molecule has 0 spiro atoms. The lowest BCUT2D eigenvalue weighted by Gasteiger charge is -2.08. The predicted octanol–water partition coefficient (Wildman–Crippen LogP) is 2.55. The average Bonchev–Trinajstić information content (AvgIpc) is 2.33. The molecule has 1 heterocycles. The van der Waals surface area contributed by atoms with Gasteiger partial charge >= 0.3 is 6.18 Å². The molecule has 18 heavy (non-hydrogen) atoms. The highest BCUT2D eigenvalue weighted by Gasteiger charge is 2.32. The predicted molar refractivity (Wildman–Crippen MR) is 61.7 cm³/mol. The highest BCUT2D eigenvalue weighted by molar-refractivity contribution is 6.17. The smallest absolute Gasteiger partial charge is 0.380 e. The number of anilines is 1. The molecule has 1 N–H and O–H groups in total. The van der Waals surface area contributed by atoms with Crippen molar-refractivity contribution in [1.29, 1.82) is 0 Å². The fourth-order valence-corrected chi connectivity index (χ4v) is 1.24. The van der Waals surface area contributed by atoms with Crippen LogP contribution in [0.25, 0.3) is 0 Å². The monoisotopic (exact) mass is 283 g/mol. The first-order valence-corrected chi connectivity index (χ1v) is 5.85. The summed E-state index contributed by atoms with van der Waals surface area (Å²) in [5.74, 6) is 0.381. The molecule has 1 aromatic rings. The molecular formula is C10H13ClF3N3O. The van der Waals surface area contributed by atoms with Crippen molar-refractivity contribution < 1.29 is 17.9 Å². The van der Waals surface area contributed by atoms with Crippen molar-refractivity contribution in [2.45, 2.75) is 12.6 Å². The van der Waals surface area contributed by atoms with Crippen molar-refractivity contribution in [3.63, 3.8) is 0 Å². The summed E-state index contributed by atoms with van der Waals surface area (Å²) >= 11 is 5.40. The van der Waals surface area contributed by atoms with Gasteiger partial charge in [-0.15, -0.1) is 11.6 Å². The third-order valence-electron chi connectivity index (χ3n) is 1.92. The molecule has 1 aromatic heterocycles. The molecule has 0 aliphatic heterocycles. The van der Waals surface area contributed by atoms with E-state index in [0.29, 0.717) is 32.1 Å². The van der Waals surface area contributed by atoms with Crippen molar-refractivity contribution in [2.24, 2.45) is 0 Å². The number of ether oxygens (including phenoxy) is 1. The highest BCUT2D eigenvalue weighted by atomic mass is 35.5. The van der Waals surface area contributed by atoms with Gasteiger partial charge in [-0.2, -0.15) is 13.2 Å². The Kier molecular flexibility index (Phi) is 6.14. The molecule has 0 radical (unpaired) electrons. The zero-order chi connectivity index (χ0) is 13.4. The molecule has 102 valence electrons. The maximum absolute atomic E-state index is 12.3. The number of hydrogen-bond acceptors (Lipinski definition) is 4. The summed E-state index contributed by atoms with van der Waals surface area (Å²) in [7, 11) is 0. The van der Waals surface area contributed by atoms with Crippen molar-refractivity contribution in [3.05, 3.63) is 18.0 Å². The van der Waals surface area contributed by atoms with Crippen LogP contribution in [0.5, 0.6) is 0 Å². The molecule has 0 atom stereocenters. The highest BCUT2D eigenvalue weighted by Crippen LogP contribution is 2.27. The summed E-state index contributed by atoms with van der Waals surface area (Å²) in [5, 5.41) is 2.70. The Bertz CT molecular complexity index is 362. The fraction of sp³-hybridized carbons (Fsp3) is 0.600. The molecule has 0 bridgehead atoms. The van der Waals surface area contributed by atoms with Crippen molar-refractivity contribution in [3.8, 4) is 0 Å². The lowest BCUT2D eigenvalue weighted by molar-refractivity contribution is -0.141. The van der Waals surface area contributed by atoms with E-state index < -0.39 is 11.9 Å². The van der Waals surface area contributed by atoms with Gasteiger partial charge in [0.2, 0.25) is 5.95 Å². The molecule has 0 amide bonds. The molecule has 0 saturated carbocycles. The van der Waals surface area contributed by atoms with Crippen LogP contribution in [0, 0.1) is 0 Å². The van der Waals surface area contributed by atoms with Gasteiger partial charge in [-0.3, -0.25) is 0 Å². The standard InChI is InChI=1S/C10H13ClF3N3O/c11-3-7-18-6-1-4-15-9-16-5-2-8(17-9)10(12,13)14/h2,5H,1,3-4,6-7H2,(H,15,16,17).